The van der Waals surface area contributed by atoms with Crippen LogP contribution < -0.4 is 4.90 Å². The molecule has 0 bridgehead atoms. The zero-order valence-electron chi connectivity index (χ0n) is 15.1. The number of hydrogen-bond acceptors (Lipinski definition) is 6. The average Bonchev–Trinajstić information content (AvgIpc) is 2.71. The van der Waals surface area contributed by atoms with Gasteiger partial charge in [-0.1, -0.05) is 6.07 Å². The van der Waals surface area contributed by atoms with Crippen molar-refractivity contribution < 1.29 is 4.79 Å². The highest BCUT2D eigenvalue weighted by molar-refractivity contribution is 5.87. The number of amides is 1. The lowest BCUT2D eigenvalue weighted by atomic mass is 9.82. The van der Waals surface area contributed by atoms with E-state index < -0.39 is 5.54 Å². The van der Waals surface area contributed by atoms with Crippen molar-refractivity contribution in [1.29, 1.82) is 0 Å². The van der Waals surface area contributed by atoms with E-state index in [1.807, 2.05) is 29.3 Å². The Morgan fingerprint density at radius 3 is 2.50 bits per heavy atom. The van der Waals surface area contributed by atoms with Gasteiger partial charge in [0.15, 0.2) is 0 Å². The van der Waals surface area contributed by atoms with E-state index >= 15 is 0 Å². The van der Waals surface area contributed by atoms with E-state index in [4.69, 9.17) is 0 Å². The Balaban J connectivity index is 1.49. The fraction of sp³-hybridized carbons (Fsp3) is 0.474. The molecule has 0 atom stereocenters. The third-order valence-electron chi connectivity index (χ3n) is 5.64. The lowest BCUT2D eigenvalue weighted by Gasteiger charge is -2.51. The van der Waals surface area contributed by atoms with E-state index in [-0.39, 0.29) is 5.91 Å². The Kier molecular flexibility index (Phi) is 4.55. The molecule has 2 saturated heterocycles. The maximum atomic E-state index is 13.4. The summed E-state index contributed by atoms with van der Waals surface area (Å²) < 4.78 is 0. The molecule has 7 heteroatoms. The van der Waals surface area contributed by atoms with Gasteiger partial charge in [-0.2, -0.15) is 0 Å². The largest absolute Gasteiger partial charge is 0.341 e. The van der Waals surface area contributed by atoms with E-state index in [0.29, 0.717) is 6.54 Å². The van der Waals surface area contributed by atoms with Gasteiger partial charge in [0.05, 0.1) is 0 Å². The standard InChI is InChI=1S/C19H24N6O/c1-23-12-13-25(15-16-4-2-7-20-14-16)17(26)19(23)5-10-24(11-6-19)18-21-8-3-9-22-18/h2-4,7-9,14H,5-6,10-13,15H2,1H3. The SMILES string of the molecule is CN1CCN(Cc2cccnc2)C(=O)C12CCN(c1ncccn1)CC2. The van der Waals surface area contributed by atoms with Crippen LogP contribution in [0.1, 0.15) is 18.4 Å². The number of hydrogen-bond donors (Lipinski definition) is 0. The van der Waals surface area contributed by atoms with Gasteiger partial charge in [-0.25, -0.2) is 9.97 Å². The Hall–Kier alpha value is -2.54. The molecule has 2 aliphatic rings. The van der Waals surface area contributed by atoms with Crippen molar-refractivity contribution in [2.75, 3.05) is 38.1 Å². The lowest BCUT2D eigenvalue weighted by Crippen LogP contribution is -2.67. The predicted molar refractivity (Wildman–Crippen MR) is 98.5 cm³/mol. The zero-order valence-corrected chi connectivity index (χ0v) is 15.1. The van der Waals surface area contributed by atoms with Crippen molar-refractivity contribution in [2.24, 2.45) is 0 Å². The molecule has 26 heavy (non-hydrogen) atoms. The van der Waals surface area contributed by atoms with E-state index in [1.54, 1.807) is 18.6 Å². The highest BCUT2D eigenvalue weighted by Gasteiger charge is 2.49. The van der Waals surface area contributed by atoms with Crippen LogP contribution in [0, 0.1) is 0 Å². The summed E-state index contributed by atoms with van der Waals surface area (Å²) in [4.78, 5) is 32.6. The molecule has 1 amide bonds. The number of carbonyl (C=O) groups is 1. The molecule has 0 aliphatic carbocycles. The van der Waals surface area contributed by atoms with Crippen LogP contribution in [0.25, 0.3) is 0 Å². The highest BCUT2D eigenvalue weighted by Crippen LogP contribution is 2.34. The van der Waals surface area contributed by atoms with Crippen molar-refractivity contribution in [1.82, 2.24) is 24.8 Å². The maximum Gasteiger partial charge on any atom is 0.243 e. The molecule has 136 valence electrons. The van der Waals surface area contributed by atoms with Gasteiger partial charge in [-0.15, -0.1) is 0 Å². The fourth-order valence-electron chi connectivity index (χ4n) is 4.03. The monoisotopic (exact) mass is 352 g/mol. The van der Waals surface area contributed by atoms with Gasteiger partial charge in [-0.05, 0) is 37.6 Å². The Labute approximate surface area is 153 Å². The van der Waals surface area contributed by atoms with Crippen LogP contribution in [0.2, 0.25) is 0 Å². The molecule has 0 aromatic carbocycles. The average molecular weight is 352 g/mol. The van der Waals surface area contributed by atoms with Crippen LogP contribution >= 0.6 is 0 Å². The zero-order chi connectivity index (χ0) is 18.0. The normalized spacial score (nSPS) is 20.6. The van der Waals surface area contributed by atoms with Crippen molar-refractivity contribution in [2.45, 2.75) is 24.9 Å². The maximum absolute atomic E-state index is 13.4. The quantitative estimate of drug-likeness (QED) is 0.827. The van der Waals surface area contributed by atoms with E-state index in [2.05, 4.69) is 31.8 Å². The summed E-state index contributed by atoms with van der Waals surface area (Å²) in [6.45, 7) is 3.88. The highest BCUT2D eigenvalue weighted by atomic mass is 16.2. The van der Waals surface area contributed by atoms with E-state index in [0.717, 1.165) is 50.5 Å². The molecule has 4 heterocycles. The van der Waals surface area contributed by atoms with Crippen LogP contribution in [0.3, 0.4) is 0 Å². The van der Waals surface area contributed by atoms with Crippen molar-refractivity contribution in [3.63, 3.8) is 0 Å². The second kappa shape index (κ2) is 6.99. The van der Waals surface area contributed by atoms with Gasteiger partial charge < -0.3 is 9.80 Å². The van der Waals surface area contributed by atoms with Gasteiger partial charge in [0.2, 0.25) is 11.9 Å². The first kappa shape index (κ1) is 16.9. The number of rotatable bonds is 3. The van der Waals surface area contributed by atoms with Gasteiger partial charge in [0, 0.05) is 57.5 Å². The molecule has 0 unspecified atom stereocenters. The van der Waals surface area contributed by atoms with Crippen LogP contribution in [0.15, 0.2) is 43.0 Å². The smallest absolute Gasteiger partial charge is 0.243 e. The van der Waals surface area contributed by atoms with Crippen molar-refractivity contribution in [3.05, 3.63) is 48.5 Å². The molecule has 0 N–H and O–H groups in total. The molecular weight excluding hydrogens is 328 g/mol. The first-order valence-electron chi connectivity index (χ1n) is 9.10. The summed E-state index contributed by atoms with van der Waals surface area (Å²) >= 11 is 0. The minimum Gasteiger partial charge on any atom is -0.341 e. The van der Waals surface area contributed by atoms with Crippen molar-refractivity contribution in [3.8, 4) is 0 Å². The van der Waals surface area contributed by atoms with Gasteiger partial charge in [0.25, 0.3) is 0 Å². The fourth-order valence-corrected chi connectivity index (χ4v) is 4.03. The number of pyridine rings is 1. The molecule has 2 aromatic heterocycles. The predicted octanol–water partition coefficient (Wildman–Crippen LogP) is 1.18. The first-order chi connectivity index (χ1) is 12.7. The van der Waals surface area contributed by atoms with Gasteiger partial charge in [-0.3, -0.25) is 14.7 Å². The topological polar surface area (TPSA) is 65.5 Å². The lowest BCUT2D eigenvalue weighted by molar-refractivity contribution is -0.152. The Morgan fingerprint density at radius 2 is 1.81 bits per heavy atom. The molecule has 2 aliphatic heterocycles. The third-order valence-corrected chi connectivity index (χ3v) is 5.64. The number of likely N-dealkylation sites (N-methyl/N-ethyl adjacent to an activating group) is 1. The summed E-state index contributed by atoms with van der Waals surface area (Å²) in [7, 11) is 2.08. The van der Waals surface area contributed by atoms with E-state index in [1.165, 1.54) is 0 Å². The van der Waals surface area contributed by atoms with Crippen LogP contribution in [0.5, 0.6) is 0 Å². The summed E-state index contributed by atoms with van der Waals surface area (Å²) in [6, 6.07) is 5.77. The Bertz CT molecular complexity index is 745. The molecular formula is C19H24N6O. The van der Waals surface area contributed by atoms with Crippen LogP contribution in [-0.2, 0) is 11.3 Å². The summed E-state index contributed by atoms with van der Waals surface area (Å²) in [5.41, 5.74) is 0.668. The van der Waals surface area contributed by atoms with E-state index in [9.17, 15) is 4.79 Å². The number of anilines is 1. The molecule has 2 aromatic rings. The van der Waals surface area contributed by atoms with Crippen LogP contribution in [0.4, 0.5) is 5.95 Å². The van der Waals surface area contributed by atoms with Crippen molar-refractivity contribution >= 4 is 11.9 Å². The minimum atomic E-state index is -0.411. The van der Waals surface area contributed by atoms with Gasteiger partial charge in [0.1, 0.15) is 5.54 Å². The summed E-state index contributed by atoms with van der Waals surface area (Å²) in [5.74, 6) is 0.990. The molecule has 4 rings (SSSR count). The van der Waals surface area contributed by atoms with Crippen LogP contribution in [-0.4, -0.2) is 69.4 Å². The molecule has 0 radical (unpaired) electrons. The first-order valence-corrected chi connectivity index (χ1v) is 9.10. The Morgan fingerprint density at radius 1 is 1.04 bits per heavy atom. The molecule has 0 saturated carbocycles. The number of nitrogens with zero attached hydrogens (tertiary/aromatic N) is 6. The summed E-state index contributed by atoms with van der Waals surface area (Å²) in [6.07, 6.45) is 8.72. The number of aromatic nitrogens is 3. The molecule has 2 fully saturated rings. The second-order valence-electron chi connectivity index (χ2n) is 7.08. The van der Waals surface area contributed by atoms with Gasteiger partial charge >= 0.3 is 0 Å². The number of piperidine rings is 1. The third kappa shape index (κ3) is 3.03. The number of carbonyl (C=O) groups excluding carboxylic acids is 1. The number of piperazine rings is 1. The minimum absolute atomic E-state index is 0.240. The molecule has 7 nitrogen and oxygen atoms in total. The second-order valence-corrected chi connectivity index (χ2v) is 7.08. The summed E-state index contributed by atoms with van der Waals surface area (Å²) in [5, 5.41) is 0. The molecule has 1 spiro atoms.